The van der Waals surface area contributed by atoms with Crippen molar-refractivity contribution in [2.45, 2.75) is 19.4 Å². The van der Waals surface area contributed by atoms with Crippen molar-refractivity contribution in [2.24, 2.45) is 5.92 Å². The Bertz CT molecular complexity index is 1040. The van der Waals surface area contributed by atoms with Crippen LogP contribution in [0, 0.1) is 5.92 Å². The van der Waals surface area contributed by atoms with Crippen molar-refractivity contribution in [2.75, 3.05) is 26.7 Å². The lowest BCUT2D eigenvalue weighted by atomic mass is 9.96. The lowest BCUT2D eigenvalue weighted by molar-refractivity contribution is 0.0931. The molecule has 4 rings (SSSR count). The Morgan fingerprint density at radius 3 is 2.77 bits per heavy atom. The largest absolute Gasteiger partial charge is 0.508 e. The molecule has 1 aliphatic heterocycles. The number of phenols is 2. The van der Waals surface area contributed by atoms with Crippen LogP contribution in [-0.4, -0.2) is 58.0 Å². The molecule has 3 aromatic rings. The number of amides is 1. The second-order valence-corrected chi connectivity index (χ2v) is 7.73. The van der Waals surface area contributed by atoms with Crippen LogP contribution in [-0.2, 0) is 6.54 Å². The minimum Gasteiger partial charge on any atom is -0.508 e. The van der Waals surface area contributed by atoms with E-state index in [2.05, 4.69) is 20.4 Å². The number of benzene rings is 2. The molecule has 0 aliphatic carbocycles. The molecule has 0 bridgehead atoms. The van der Waals surface area contributed by atoms with Crippen molar-refractivity contribution in [3.8, 4) is 17.2 Å². The lowest BCUT2D eigenvalue weighted by Gasteiger charge is -2.32. The third-order valence-corrected chi connectivity index (χ3v) is 5.71. The molecule has 2 aromatic carbocycles. The summed E-state index contributed by atoms with van der Waals surface area (Å²) < 4.78 is 5.24. The Hall–Kier alpha value is -3.26. The van der Waals surface area contributed by atoms with Crippen molar-refractivity contribution in [1.82, 2.24) is 20.4 Å². The number of ether oxygens (including phenoxy) is 1. The summed E-state index contributed by atoms with van der Waals surface area (Å²) in [5, 5.41) is 30.2. The van der Waals surface area contributed by atoms with E-state index in [0.717, 1.165) is 42.4 Å². The number of hydrogen-bond acceptors (Lipinski definition) is 6. The number of nitrogens with zero attached hydrogens (tertiary/aromatic N) is 2. The molecule has 0 radical (unpaired) electrons. The number of carbonyl (C=O) groups excluding carboxylic acids is 1. The smallest absolute Gasteiger partial charge is 0.272 e. The third kappa shape index (κ3) is 4.33. The maximum atomic E-state index is 12.6. The topological polar surface area (TPSA) is 111 Å². The molecule has 2 heterocycles. The van der Waals surface area contributed by atoms with Crippen LogP contribution in [0.2, 0.25) is 0 Å². The van der Waals surface area contributed by atoms with Crippen LogP contribution in [0.15, 0.2) is 36.4 Å². The zero-order chi connectivity index (χ0) is 21.1. The van der Waals surface area contributed by atoms with Gasteiger partial charge in [-0.25, -0.2) is 0 Å². The molecule has 158 valence electrons. The number of likely N-dealkylation sites (tertiary alicyclic amines) is 1. The molecule has 0 saturated carbocycles. The molecule has 0 spiro atoms. The molecule has 8 nitrogen and oxygen atoms in total. The van der Waals surface area contributed by atoms with Gasteiger partial charge in [0.1, 0.15) is 17.2 Å². The molecule has 4 N–H and O–H groups in total. The number of nitrogens with one attached hydrogen (secondary N) is 2. The number of aromatic hydroxyl groups is 2. The molecule has 0 atom stereocenters. The highest BCUT2D eigenvalue weighted by Gasteiger charge is 2.22. The van der Waals surface area contributed by atoms with Gasteiger partial charge in [0.2, 0.25) is 0 Å². The number of phenolic OH excluding ortho intramolecular Hbond substituents is 2. The van der Waals surface area contributed by atoms with Crippen molar-refractivity contribution in [3.63, 3.8) is 0 Å². The SMILES string of the molecule is COc1ccc2[nH]nc(C(=O)NCC3CCN(Cc4ccc(O)cc4O)CC3)c2c1. The van der Waals surface area contributed by atoms with Crippen molar-refractivity contribution >= 4 is 16.8 Å². The van der Waals surface area contributed by atoms with Crippen LogP contribution in [0.5, 0.6) is 17.2 Å². The maximum Gasteiger partial charge on any atom is 0.272 e. The number of aromatic nitrogens is 2. The third-order valence-electron chi connectivity index (χ3n) is 5.71. The number of H-pyrrole nitrogens is 1. The Balaban J connectivity index is 1.29. The number of piperidine rings is 1. The number of carbonyl (C=O) groups is 1. The Kier molecular flexibility index (Phi) is 5.76. The molecule has 30 heavy (non-hydrogen) atoms. The van der Waals surface area contributed by atoms with Gasteiger partial charge < -0.3 is 20.3 Å². The first kappa shape index (κ1) is 20.0. The van der Waals surface area contributed by atoms with E-state index in [1.165, 1.54) is 6.07 Å². The molecular formula is C22H26N4O4. The highest BCUT2D eigenvalue weighted by Crippen LogP contribution is 2.26. The monoisotopic (exact) mass is 410 g/mol. The molecule has 1 amide bonds. The predicted molar refractivity (Wildman–Crippen MR) is 113 cm³/mol. The zero-order valence-electron chi connectivity index (χ0n) is 16.9. The van der Waals surface area contributed by atoms with E-state index in [0.29, 0.717) is 30.5 Å². The molecular weight excluding hydrogens is 384 g/mol. The molecule has 1 aromatic heterocycles. The van der Waals surface area contributed by atoms with E-state index in [1.807, 2.05) is 18.2 Å². The maximum absolute atomic E-state index is 12.6. The zero-order valence-corrected chi connectivity index (χ0v) is 16.9. The first-order valence-electron chi connectivity index (χ1n) is 10.1. The van der Waals surface area contributed by atoms with Gasteiger partial charge in [0.25, 0.3) is 5.91 Å². The lowest BCUT2D eigenvalue weighted by Crippen LogP contribution is -2.38. The number of methoxy groups -OCH3 is 1. The van der Waals surface area contributed by atoms with E-state index in [1.54, 1.807) is 19.2 Å². The Morgan fingerprint density at radius 2 is 2.03 bits per heavy atom. The van der Waals surface area contributed by atoms with Crippen molar-refractivity contribution in [1.29, 1.82) is 0 Å². The first-order valence-corrected chi connectivity index (χ1v) is 10.1. The second kappa shape index (κ2) is 8.62. The summed E-state index contributed by atoms with van der Waals surface area (Å²) in [6.07, 6.45) is 1.93. The van der Waals surface area contributed by atoms with Gasteiger partial charge in [-0.15, -0.1) is 0 Å². The predicted octanol–water partition coefficient (Wildman–Crippen LogP) is 2.62. The number of hydrogen-bond donors (Lipinski definition) is 4. The fraction of sp³-hybridized carbons (Fsp3) is 0.364. The summed E-state index contributed by atoms with van der Waals surface area (Å²) in [7, 11) is 1.59. The van der Waals surface area contributed by atoms with Crippen LogP contribution >= 0.6 is 0 Å². The standard InChI is InChI=1S/C22H26N4O4/c1-30-17-4-5-19-18(11-17)21(25-24-19)22(29)23-12-14-6-8-26(9-7-14)13-15-2-3-16(27)10-20(15)28/h2-5,10-11,14,27-28H,6-9,12-13H2,1H3,(H,23,29)(H,24,25). The molecule has 1 saturated heterocycles. The average Bonchev–Trinajstić information content (AvgIpc) is 3.18. The summed E-state index contributed by atoms with van der Waals surface area (Å²) in [5.74, 6) is 1.08. The van der Waals surface area contributed by atoms with Crippen LogP contribution in [0.25, 0.3) is 10.9 Å². The minimum atomic E-state index is -0.189. The van der Waals surface area contributed by atoms with Crippen LogP contribution in [0.4, 0.5) is 0 Å². The summed E-state index contributed by atoms with van der Waals surface area (Å²) in [6.45, 7) is 3.04. The van der Waals surface area contributed by atoms with E-state index in [4.69, 9.17) is 4.74 Å². The van der Waals surface area contributed by atoms with Gasteiger partial charge in [-0.3, -0.25) is 14.8 Å². The fourth-order valence-corrected chi connectivity index (χ4v) is 3.89. The van der Waals surface area contributed by atoms with Crippen molar-refractivity contribution in [3.05, 3.63) is 47.7 Å². The first-order chi connectivity index (χ1) is 14.5. The quantitative estimate of drug-likeness (QED) is 0.497. The van der Waals surface area contributed by atoms with E-state index < -0.39 is 0 Å². The second-order valence-electron chi connectivity index (χ2n) is 7.73. The molecule has 0 unspecified atom stereocenters. The normalized spacial score (nSPS) is 15.4. The van der Waals surface area contributed by atoms with Gasteiger partial charge in [0.05, 0.1) is 12.6 Å². The van der Waals surface area contributed by atoms with Crippen LogP contribution in [0.3, 0.4) is 0 Å². The summed E-state index contributed by atoms with van der Waals surface area (Å²) >= 11 is 0. The highest BCUT2D eigenvalue weighted by atomic mass is 16.5. The van der Waals surface area contributed by atoms with Gasteiger partial charge in [-0.2, -0.15) is 5.10 Å². The molecule has 1 aliphatic rings. The van der Waals surface area contributed by atoms with E-state index in [9.17, 15) is 15.0 Å². The summed E-state index contributed by atoms with van der Waals surface area (Å²) in [6, 6.07) is 10.2. The van der Waals surface area contributed by atoms with Crippen LogP contribution < -0.4 is 10.1 Å². The average molecular weight is 410 g/mol. The van der Waals surface area contributed by atoms with E-state index >= 15 is 0 Å². The number of rotatable bonds is 6. The Morgan fingerprint density at radius 1 is 1.23 bits per heavy atom. The molecule has 1 fully saturated rings. The highest BCUT2D eigenvalue weighted by molar-refractivity contribution is 6.05. The van der Waals surface area contributed by atoms with Gasteiger partial charge >= 0.3 is 0 Å². The van der Waals surface area contributed by atoms with E-state index in [-0.39, 0.29) is 17.4 Å². The summed E-state index contributed by atoms with van der Waals surface area (Å²) in [5.41, 5.74) is 1.98. The van der Waals surface area contributed by atoms with Gasteiger partial charge in [0.15, 0.2) is 5.69 Å². The minimum absolute atomic E-state index is 0.0637. The number of aromatic amines is 1. The number of fused-ring (bicyclic) bond motifs is 1. The van der Waals surface area contributed by atoms with Gasteiger partial charge in [0, 0.05) is 30.1 Å². The van der Waals surface area contributed by atoms with Crippen molar-refractivity contribution < 1.29 is 19.7 Å². The van der Waals surface area contributed by atoms with Gasteiger partial charge in [-0.1, -0.05) is 6.07 Å². The van der Waals surface area contributed by atoms with Crippen LogP contribution in [0.1, 0.15) is 28.9 Å². The van der Waals surface area contributed by atoms with Gasteiger partial charge in [-0.05, 0) is 56.1 Å². The summed E-state index contributed by atoms with van der Waals surface area (Å²) in [4.78, 5) is 14.9. The fourth-order valence-electron chi connectivity index (χ4n) is 3.89. The Labute approximate surface area is 174 Å². The molecule has 8 heteroatoms.